The van der Waals surface area contributed by atoms with Crippen LogP contribution in [0.4, 0.5) is 0 Å². The zero-order valence-electron chi connectivity index (χ0n) is 11.0. The largest absolute Gasteiger partial charge is 0.466 e. The summed E-state index contributed by atoms with van der Waals surface area (Å²) in [6.07, 6.45) is 2.47. The van der Waals surface area contributed by atoms with Crippen molar-refractivity contribution in [2.24, 2.45) is 5.92 Å². The van der Waals surface area contributed by atoms with Gasteiger partial charge in [0.15, 0.2) is 0 Å². The average molecular weight is 248 g/mol. The lowest BCUT2D eigenvalue weighted by Crippen LogP contribution is -2.11. The van der Waals surface area contributed by atoms with E-state index in [0.717, 1.165) is 11.8 Å². The molecule has 1 aromatic rings. The van der Waals surface area contributed by atoms with Crippen LogP contribution in [0.25, 0.3) is 0 Å². The van der Waals surface area contributed by atoms with Crippen molar-refractivity contribution in [1.29, 1.82) is 0 Å². The van der Waals surface area contributed by atoms with E-state index < -0.39 is 0 Å². The molecule has 1 rings (SSSR count). The van der Waals surface area contributed by atoms with Gasteiger partial charge in [-0.2, -0.15) is 0 Å². The monoisotopic (exact) mass is 248 g/mol. The second-order valence-corrected chi connectivity index (χ2v) is 4.43. The van der Waals surface area contributed by atoms with Crippen molar-refractivity contribution in [3.05, 3.63) is 35.4 Å². The van der Waals surface area contributed by atoms with Crippen LogP contribution in [0, 0.1) is 12.8 Å². The van der Waals surface area contributed by atoms with Crippen LogP contribution in [0.3, 0.4) is 0 Å². The molecule has 0 saturated heterocycles. The Morgan fingerprint density at radius 3 is 2.56 bits per heavy atom. The third kappa shape index (κ3) is 5.13. The number of rotatable bonds is 7. The van der Waals surface area contributed by atoms with Crippen LogP contribution in [0.15, 0.2) is 24.3 Å². The van der Waals surface area contributed by atoms with Crippen molar-refractivity contribution in [2.45, 2.75) is 33.1 Å². The van der Waals surface area contributed by atoms with Gasteiger partial charge in [0.25, 0.3) is 0 Å². The molecule has 0 amide bonds. The van der Waals surface area contributed by atoms with Gasteiger partial charge in [-0.25, -0.2) is 0 Å². The van der Waals surface area contributed by atoms with Crippen LogP contribution in [-0.2, 0) is 20.7 Å². The second-order valence-electron chi connectivity index (χ2n) is 4.43. The van der Waals surface area contributed by atoms with Crippen molar-refractivity contribution >= 4 is 12.3 Å². The van der Waals surface area contributed by atoms with Gasteiger partial charge in [0.05, 0.1) is 6.61 Å². The molecule has 0 saturated carbocycles. The molecule has 0 radical (unpaired) electrons. The molecule has 0 aliphatic carbocycles. The fourth-order valence-electron chi connectivity index (χ4n) is 1.78. The third-order valence-corrected chi connectivity index (χ3v) is 2.84. The highest BCUT2D eigenvalue weighted by Gasteiger charge is 2.11. The molecule has 0 aliphatic heterocycles. The number of carbonyl (C=O) groups excluding carboxylic acids is 2. The molecule has 1 aromatic carbocycles. The molecule has 0 bridgehead atoms. The predicted molar refractivity (Wildman–Crippen MR) is 70.3 cm³/mol. The second kappa shape index (κ2) is 7.64. The van der Waals surface area contributed by atoms with Crippen molar-refractivity contribution in [3.8, 4) is 0 Å². The Labute approximate surface area is 108 Å². The van der Waals surface area contributed by atoms with E-state index in [9.17, 15) is 9.59 Å². The molecular weight excluding hydrogens is 228 g/mol. The minimum Gasteiger partial charge on any atom is -0.466 e. The van der Waals surface area contributed by atoms with Gasteiger partial charge in [0.1, 0.15) is 6.29 Å². The number of hydrogen-bond donors (Lipinski definition) is 0. The fourth-order valence-corrected chi connectivity index (χ4v) is 1.78. The van der Waals surface area contributed by atoms with Crippen molar-refractivity contribution in [1.82, 2.24) is 0 Å². The highest BCUT2D eigenvalue weighted by atomic mass is 16.5. The maximum atomic E-state index is 11.2. The van der Waals surface area contributed by atoms with Crippen LogP contribution in [0.2, 0.25) is 0 Å². The van der Waals surface area contributed by atoms with E-state index in [1.54, 1.807) is 6.92 Å². The van der Waals surface area contributed by atoms with E-state index in [4.69, 9.17) is 4.74 Å². The van der Waals surface area contributed by atoms with Crippen molar-refractivity contribution < 1.29 is 14.3 Å². The summed E-state index contributed by atoms with van der Waals surface area (Å²) in [6.45, 7) is 4.20. The quantitative estimate of drug-likeness (QED) is 0.550. The Kier molecular flexibility index (Phi) is 6.12. The molecule has 98 valence electrons. The normalized spacial score (nSPS) is 11.9. The van der Waals surface area contributed by atoms with Crippen LogP contribution in [-0.4, -0.2) is 18.9 Å². The predicted octanol–water partition coefficient (Wildman–Crippen LogP) is 2.70. The number of carbonyl (C=O) groups is 2. The zero-order valence-corrected chi connectivity index (χ0v) is 11.0. The van der Waals surface area contributed by atoms with Gasteiger partial charge >= 0.3 is 5.97 Å². The molecule has 1 unspecified atom stereocenters. The molecule has 0 spiro atoms. The van der Waals surface area contributed by atoms with Crippen LogP contribution < -0.4 is 0 Å². The summed E-state index contributed by atoms with van der Waals surface area (Å²) in [4.78, 5) is 22.2. The van der Waals surface area contributed by atoms with E-state index in [-0.39, 0.29) is 11.9 Å². The lowest BCUT2D eigenvalue weighted by molar-refractivity contribution is -0.143. The van der Waals surface area contributed by atoms with E-state index in [0.29, 0.717) is 25.9 Å². The summed E-state index contributed by atoms with van der Waals surface area (Å²) in [6, 6.07) is 8.11. The van der Waals surface area contributed by atoms with Crippen molar-refractivity contribution in [2.75, 3.05) is 6.61 Å². The Balaban J connectivity index is 2.44. The average Bonchev–Trinajstić information content (AvgIpc) is 2.37. The highest BCUT2D eigenvalue weighted by Crippen LogP contribution is 2.13. The highest BCUT2D eigenvalue weighted by molar-refractivity contribution is 5.70. The van der Waals surface area contributed by atoms with Gasteiger partial charge in [-0.1, -0.05) is 29.8 Å². The molecule has 3 nitrogen and oxygen atoms in total. The first-order valence-corrected chi connectivity index (χ1v) is 6.32. The standard InChI is InChI=1S/C15H20O3/c1-3-18-15(17)9-8-14(11-16)10-13-6-4-12(2)5-7-13/h4-7,11,14H,3,8-10H2,1-2H3. The zero-order chi connectivity index (χ0) is 13.4. The number of benzene rings is 1. The molecule has 3 heteroatoms. The van der Waals surface area contributed by atoms with Gasteiger partial charge in [0.2, 0.25) is 0 Å². The van der Waals surface area contributed by atoms with Gasteiger partial charge < -0.3 is 9.53 Å². The van der Waals surface area contributed by atoms with Crippen LogP contribution in [0.1, 0.15) is 30.9 Å². The molecular formula is C15H20O3. The molecule has 0 N–H and O–H groups in total. The summed E-state index contributed by atoms with van der Waals surface area (Å²) in [5.41, 5.74) is 2.33. The lowest BCUT2D eigenvalue weighted by atomic mass is 9.96. The Bertz CT molecular complexity index is 381. The summed E-state index contributed by atoms with van der Waals surface area (Å²) in [5, 5.41) is 0. The van der Waals surface area contributed by atoms with Gasteiger partial charge in [0, 0.05) is 12.3 Å². The Morgan fingerprint density at radius 2 is 2.00 bits per heavy atom. The summed E-state index contributed by atoms with van der Waals surface area (Å²) in [7, 11) is 0. The Hall–Kier alpha value is -1.64. The lowest BCUT2D eigenvalue weighted by Gasteiger charge is -2.10. The Morgan fingerprint density at radius 1 is 1.33 bits per heavy atom. The SMILES string of the molecule is CCOC(=O)CCC(C=O)Cc1ccc(C)cc1. The van der Waals surface area contributed by atoms with E-state index in [1.165, 1.54) is 5.56 Å². The third-order valence-electron chi connectivity index (χ3n) is 2.84. The molecule has 0 aromatic heterocycles. The summed E-state index contributed by atoms with van der Waals surface area (Å²) < 4.78 is 4.85. The summed E-state index contributed by atoms with van der Waals surface area (Å²) >= 11 is 0. The minimum absolute atomic E-state index is 0.114. The van der Waals surface area contributed by atoms with E-state index in [1.807, 2.05) is 31.2 Å². The molecule has 0 fully saturated rings. The van der Waals surface area contributed by atoms with E-state index in [2.05, 4.69) is 0 Å². The minimum atomic E-state index is -0.228. The van der Waals surface area contributed by atoms with Gasteiger partial charge in [-0.3, -0.25) is 4.79 Å². The van der Waals surface area contributed by atoms with Crippen molar-refractivity contribution in [3.63, 3.8) is 0 Å². The van der Waals surface area contributed by atoms with Crippen LogP contribution in [0.5, 0.6) is 0 Å². The maximum absolute atomic E-state index is 11.2. The molecule has 0 heterocycles. The van der Waals surface area contributed by atoms with Gasteiger partial charge in [-0.05, 0) is 32.3 Å². The fraction of sp³-hybridized carbons (Fsp3) is 0.467. The number of aryl methyl sites for hydroxylation is 1. The van der Waals surface area contributed by atoms with E-state index >= 15 is 0 Å². The molecule has 18 heavy (non-hydrogen) atoms. The van der Waals surface area contributed by atoms with Gasteiger partial charge in [-0.15, -0.1) is 0 Å². The summed E-state index contributed by atoms with van der Waals surface area (Å²) in [5.74, 6) is -0.342. The first-order chi connectivity index (χ1) is 8.65. The van der Waals surface area contributed by atoms with Crippen LogP contribution >= 0.6 is 0 Å². The number of aldehydes is 1. The molecule has 1 atom stereocenters. The smallest absolute Gasteiger partial charge is 0.305 e. The number of esters is 1. The first-order valence-electron chi connectivity index (χ1n) is 6.32. The maximum Gasteiger partial charge on any atom is 0.305 e. The number of hydrogen-bond acceptors (Lipinski definition) is 3. The first kappa shape index (κ1) is 14.4. The number of ether oxygens (including phenoxy) is 1. The topological polar surface area (TPSA) is 43.4 Å². The molecule has 0 aliphatic rings.